The van der Waals surface area contributed by atoms with E-state index in [1.165, 1.54) is 30.5 Å². The maximum atomic E-state index is 12.8. The Bertz CT molecular complexity index is 1190. The molecule has 0 radical (unpaired) electrons. The van der Waals surface area contributed by atoms with Gasteiger partial charge in [0.25, 0.3) is 11.8 Å². The van der Waals surface area contributed by atoms with E-state index < -0.39 is 11.8 Å². The standard InChI is InChI=1S/C26H25N3O5/c1-2-14-34-21-11-8-18(9-12-21)15-22(28-25(32)20-6-4-3-5-7-20)26(33)29-27-17-19-10-13-23(30)24(31)16-19/h3-13,15-17,30-31H,2,14H2,1H3,(H,28,32)(H,29,33)/b22-15-,27-17+. The van der Waals surface area contributed by atoms with Crippen molar-refractivity contribution < 1.29 is 24.5 Å². The fraction of sp³-hybridized carbons (Fsp3) is 0.115. The molecule has 0 spiro atoms. The van der Waals surface area contributed by atoms with Gasteiger partial charge in [0.05, 0.1) is 12.8 Å². The second-order valence-electron chi connectivity index (χ2n) is 7.24. The van der Waals surface area contributed by atoms with Gasteiger partial charge in [0.2, 0.25) is 0 Å². The number of rotatable bonds is 9. The average Bonchev–Trinajstić information content (AvgIpc) is 2.85. The molecule has 0 aliphatic heterocycles. The van der Waals surface area contributed by atoms with Gasteiger partial charge in [-0.2, -0.15) is 5.10 Å². The Balaban J connectivity index is 1.79. The number of carbonyl (C=O) groups excluding carboxylic acids is 2. The summed E-state index contributed by atoms with van der Waals surface area (Å²) in [7, 11) is 0. The minimum Gasteiger partial charge on any atom is -0.504 e. The molecule has 0 aromatic heterocycles. The molecule has 0 saturated carbocycles. The van der Waals surface area contributed by atoms with Crippen molar-refractivity contribution in [1.29, 1.82) is 0 Å². The highest BCUT2D eigenvalue weighted by atomic mass is 16.5. The van der Waals surface area contributed by atoms with Crippen LogP contribution in [-0.4, -0.2) is 34.8 Å². The van der Waals surface area contributed by atoms with E-state index in [9.17, 15) is 19.8 Å². The quantitative estimate of drug-likeness (QED) is 0.168. The van der Waals surface area contributed by atoms with E-state index in [0.29, 0.717) is 29.0 Å². The van der Waals surface area contributed by atoms with E-state index in [0.717, 1.165) is 6.42 Å². The number of aromatic hydroxyl groups is 2. The summed E-state index contributed by atoms with van der Waals surface area (Å²) < 4.78 is 5.57. The van der Waals surface area contributed by atoms with Crippen LogP contribution in [0.3, 0.4) is 0 Å². The number of amides is 2. The Kier molecular flexibility index (Phi) is 8.40. The number of phenolic OH excluding ortho intramolecular Hbond substituents is 2. The lowest BCUT2D eigenvalue weighted by atomic mass is 10.1. The maximum Gasteiger partial charge on any atom is 0.287 e. The fourth-order valence-electron chi connectivity index (χ4n) is 2.84. The molecule has 0 atom stereocenters. The number of ether oxygens (including phenoxy) is 1. The molecule has 0 unspecified atom stereocenters. The van der Waals surface area contributed by atoms with Crippen LogP contribution in [0.25, 0.3) is 6.08 Å². The Morgan fingerprint density at radius 3 is 2.32 bits per heavy atom. The number of phenols is 2. The summed E-state index contributed by atoms with van der Waals surface area (Å²) in [6.45, 7) is 2.62. The van der Waals surface area contributed by atoms with Gasteiger partial charge < -0.3 is 20.3 Å². The lowest BCUT2D eigenvalue weighted by Crippen LogP contribution is -2.32. The number of hydrogen-bond donors (Lipinski definition) is 4. The molecule has 0 aliphatic carbocycles. The number of hydrogen-bond acceptors (Lipinski definition) is 6. The monoisotopic (exact) mass is 459 g/mol. The zero-order valence-electron chi connectivity index (χ0n) is 18.6. The van der Waals surface area contributed by atoms with Crippen LogP contribution in [0.4, 0.5) is 0 Å². The normalized spacial score (nSPS) is 11.3. The number of hydrazone groups is 1. The molecule has 0 saturated heterocycles. The molecule has 3 aromatic carbocycles. The summed E-state index contributed by atoms with van der Waals surface area (Å²) in [5, 5.41) is 25.5. The second-order valence-corrected chi connectivity index (χ2v) is 7.24. The van der Waals surface area contributed by atoms with Gasteiger partial charge >= 0.3 is 0 Å². The van der Waals surface area contributed by atoms with Crippen LogP contribution in [0.1, 0.15) is 34.8 Å². The third kappa shape index (κ3) is 6.96. The third-order valence-electron chi connectivity index (χ3n) is 4.57. The molecule has 34 heavy (non-hydrogen) atoms. The summed E-state index contributed by atoms with van der Waals surface area (Å²) in [6, 6.07) is 19.7. The highest BCUT2D eigenvalue weighted by Gasteiger charge is 2.14. The predicted octanol–water partition coefficient (Wildman–Crippen LogP) is 3.81. The van der Waals surface area contributed by atoms with Crippen LogP contribution in [-0.2, 0) is 4.79 Å². The molecule has 4 N–H and O–H groups in total. The van der Waals surface area contributed by atoms with Gasteiger partial charge in [-0.3, -0.25) is 9.59 Å². The van der Waals surface area contributed by atoms with E-state index >= 15 is 0 Å². The van der Waals surface area contributed by atoms with E-state index in [-0.39, 0.29) is 17.2 Å². The molecule has 2 amide bonds. The Morgan fingerprint density at radius 1 is 0.941 bits per heavy atom. The second kappa shape index (κ2) is 11.9. The molecule has 0 bridgehead atoms. The van der Waals surface area contributed by atoms with Crippen LogP contribution in [0.5, 0.6) is 17.2 Å². The molecule has 8 nitrogen and oxygen atoms in total. The Labute approximate surface area is 197 Å². The molecule has 0 heterocycles. The van der Waals surface area contributed by atoms with Gasteiger partial charge in [-0.05, 0) is 66.1 Å². The molecular weight excluding hydrogens is 434 g/mol. The van der Waals surface area contributed by atoms with E-state index in [1.807, 2.05) is 6.92 Å². The average molecular weight is 460 g/mol. The van der Waals surface area contributed by atoms with Gasteiger partial charge in [-0.1, -0.05) is 37.3 Å². The van der Waals surface area contributed by atoms with Gasteiger partial charge in [-0.25, -0.2) is 5.43 Å². The Morgan fingerprint density at radius 2 is 1.65 bits per heavy atom. The summed E-state index contributed by atoms with van der Waals surface area (Å²) >= 11 is 0. The SMILES string of the molecule is CCCOc1ccc(/C=C(\NC(=O)c2ccccc2)C(=O)N/N=C/c2ccc(O)c(O)c2)cc1. The van der Waals surface area contributed by atoms with Crippen molar-refractivity contribution >= 4 is 24.1 Å². The van der Waals surface area contributed by atoms with E-state index in [2.05, 4.69) is 15.8 Å². The summed E-state index contributed by atoms with van der Waals surface area (Å²) in [5.74, 6) is -0.953. The van der Waals surface area contributed by atoms with Crippen molar-refractivity contribution in [2.45, 2.75) is 13.3 Å². The first-order valence-corrected chi connectivity index (χ1v) is 10.6. The van der Waals surface area contributed by atoms with Crippen LogP contribution >= 0.6 is 0 Å². The van der Waals surface area contributed by atoms with E-state index in [1.54, 1.807) is 54.6 Å². The number of benzene rings is 3. The first-order chi connectivity index (χ1) is 16.5. The van der Waals surface area contributed by atoms with Crippen molar-refractivity contribution in [3.05, 3.63) is 95.2 Å². The van der Waals surface area contributed by atoms with Gasteiger partial charge in [0.1, 0.15) is 11.4 Å². The Hall–Kier alpha value is -4.59. The first-order valence-electron chi connectivity index (χ1n) is 10.6. The lowest BCUT2D eigenvalue weighted by Gasteiger charge is -2.10. The highest BCUT2D eigenvalue weighted by Crippen LogP contribution is 2.24. The lowest BCUT2D eigenvalue weighted by molar-refractivity contribution is -0.117. The largest absolute Gasteiger partial charge is 0.504 e. The van der Waals surface area contributed by atoms with Crippen molar-refractivity contribution in [3.63, 3.8) is 0 Å². The van der Waals surface area contributed by atoms with Crippen molar-refractivity contribution in [2.75, 3.05) is 6.61 Å². The van der Waals surface area contributed by atoms with E-state index in [4.69, 9.17) is 4.74 Å². The van der Waals surface area contributed by atoms with Crippen LogP contribution in [0.15, 0.2) is 83.6 Å². The summed E-state index contributed by atoms with van der Waals surface area (Å²) in [6.07, 6.45) is 3.72. The summed E-state index contributed by atoms with van der Waals surface area (Å²) in [5.41, 5.74) is 3.88. The third-order valence-corrected chi connectivity index (χ3v) is 4.57. The van der Waals surface area contributed by atoms with Crippen LogP contribution in [0.2, 0.25) is 0 Å². The van der Waals surface area contributed by atoms with Crippen molar-refractivity contribution in [3.8, 4) is 17.2 Å². The topological polar surface area (TPSA) is 120 Å². The molecule has 0 fully saturated rings. The number of nitrogens with zero attached hydrogens (tertiary/aromatic N) is 1. The molecular formula is C26H25N3O5. The maximum absolute atomic E-state index is 12.8. The molecule has 174 valence electrons. The zero-order valence-corrected chi connectivity index (χ0v) is 18.6. The van der Waals surface area contributed by atoms with Crippen molar-refractivity contribution in [2.24, 2.45) is 5.10 Å². The minimum atomic E-state index is -0.644. The van der Waals surface area contributed by atoms with Gasteiger partial charge in [-0.15, -0.1) is 0 Å². The van der Waals surface area contributed by atoms with Crippen molar-refractivity contribution in [1.82, 2.24) is 10.7 Å². The fourth-order valence-corrected chi connectivity index (χ4v) is 2.84. The van der Waals surface area contributed by atoms with Crippen LogP contribution in [0, 0.1) is 0 Å². The number of carbonyl (C=O) groups is 2. The first kappa shape index (κ1) is 24.1. The zero-order chi connectivity index (χ0) is 24.3. The minimum absolute atomic E-state index is 0.0122. The van der Waals surface area contributed by atoms with Gasteiger partial charge in [0.15, 0.2) is 11.5 Å². The molecule has 0 aliphatic rings. The summed E-state index contributed by atoms with van der Waals surface area (Å²) in [4.78, 5) is 25.5. The predicted molar refractivity (Wildman–Crippen MR) is 130 cm³/mol. The number of nitrogens with one attached hydrogen (secondary N) is 2. The highest BCUT2D eigenvalue weighted by molar-refractivity contribution is 6.05. The molecule has 3 aromatic rings. The molecule has 3 rings (SSSR count). The smallest absolute Gasteiger partial charge is 0.287 e. The molecule has 8 heteroatoms. The van der Waals surface area contributed by atoms with Gasteiger partial charge in [0, 0.05) is 5.56 Å². The van der Waals surface area contributed by atoms with Crippen LogP contribution < -0.4 is 15.5 Å².